The summed E-state index contributed by atoms with van der Waals surface area (Å²) in [5.74, 6) is 2.52. The second-order valence-corrected chi connectivity index (χ2v) is 7.52. The third-order valence-corrected chi connectivity index (χ3v) is 5.64. The quantitative estimate of drug-likeness (QED) is 0.884. The third-order valence-electron chi connectivity index (χ3n) is 4.65. The molecule has 1 unspecified atom stereocenters. The van der Waals surface area contributed by atoms with Crippen LogP contribution in [-0.2, 0) is 4.74 Å². The number of nitrogens with one attached hydrogen (secondary N) is 1. The smallest absolute Gasteiger partial charge is 0.0717 e. The number of ether oxygens (including phenoxy) is 1. The number of hydrogen-bond donors (Lipinski definition) is 1. The molecule has 2 aliphatic rings. The highest BCUT2D eigenvalue weighted by Gasteiger charge is 2.38. The van der Waals surface area contributed by atoms with Gasteiger partial charge in [0, 0.05) is 18.3 Å². The van der Waals surface area contributed by atoms with Crippen LogP contribution >= 0.6 is 11.8 Å². The maximum absolute atomic E-state index is 6.17. The second kappa shape index (κ2) is 5.98. The van der Waals surface area contributed by atoms with Gasteiger partial charge in [-0.25, -0.2) is 0 Å². The number of aryl methyl sites for hydroxylation is 2. The van der Waals surface area contributed by atoms with Gasteiger partial charge in [0.25, 0.3) is 0 Å². The fraction of sp³-hybridized carbons (Fsp3) is 0.647. The first-order valence-corrected chi connectivity index (χ1v) is 8.88. The van der Waals surface area contributed by atoms with Crippen molar-refractivity contribution in [3.63, 3.8) is 0 Å². The molecule has 2 heterocycles. The van der Waals surface area contributed by atoms with Gasteiger partial charge in [0.1, 0.15) is 0 Å². The lowest BCUT2D eigenvalue weighted by molar-refractivity contribution is -0.0865. The van der Waals surface area contributed by atoms with Gasteiger partial charge in [-0.3, -0.25) is 0 Å². The van der Waals surface area contributed by atoms with Gasteiger partial charge in [-0.2, -0.15) is 11.8 Å². The van der Waals surface area contributed by atoms with Crippen LogP contribution in [0.15, 0.2) is 18.2 Å². The van der Waals surface area contributed by atoms with Crippen molar-refractivity contribution in [2.75, 3.05) is 23.4 Å². The van der Waals surface area contributed by atoms with E-state index >= 15 is 0 Å². The van der Waals surface area contributed by atoms with Crippen molar-refractivity contribution in [3.05, 3.63) is 29.3 Å². The Bertz CT molecular complexity index is 463. The lowest BCUT2D eigenvalue weighted by Crippen LogP contribution is -2.46. The number of hydrogen-bond acceptors (Lipinski definition) is 3. The lowest BCUT2D eigenvalue weighted by atomic mass is 9.85. The molecule has 0 bridgehead atoms. The number of thioether (sulfide) groups is 1. The molecule has 110 valence electrons. The van der Waals surface area contributed by atoms with Crippen LogP contribution in [0.25, 0.3) is 0 Å². The highest BCUT2D eigenvalue weighted by Crippen LogP contribution is 2.38. The van der Waals surface area contributed by atoms with Gasteiger partial charge in [-0.05, 0) is 68.2 Å². The monoisotopic (exact) mass is 291 g/mol. The summed E-state index contributed by atoms with van der Waals surface area (Å²) in [6.07, 6.45) is 4.74. The predicted molar refractivity (Wildman–Crippen MR) is 87.8 cm³/mol. The van der Waals surface area contributed by atoms with E-state index < -0.39 is 0 Å². The van der Waals surface area contributed by atoms with Crippen molar-refractivity contribution >= 4 is 17.4 Å². The molecule has 1 spiro atoms. The minimum Gasteiger partial charge on any atom is -0.382 e. The van der Waals surface area contributed by atoms with Crippen molar-refractivity contribution in [2.45, 2.75) is 51.2 Å². The first-order valence-electron chi connectivity index (χ1n) is 7.72. The topological polar surface area (TPSA) is 21.3 Å². The van der Waals surface area contributed by atoms with Crippen LogP contribution in [0.4, 0.5) is 5.69 Å². The number of anilines is 1. The molecule has 0 saturated carbocycles. The van der Waals surface area contributed by atoms with Gasteiger partial charge >= 0.3 is 0 Å². The minimum absolute atomic E-state index is 0.166. The van der Waals surface area contributed by atoms with E-state index in [1.807, 2.05) is 0 Å². The van der Waals surface area contributed by atoms with E-state index in [9.17, 15) is 0 Å². The van der Waals surface area contributed by atoms with Crippen molar-refractivity contribution in [1.29, 1.82) is 0 Å². The van der Waals surface area contributed by atoms with E-state index in [2.05, 4.69) is 49.1 Å². The summed E-state index contributed by atoms with van der Waals surface area (Å²) >= 11 is 2.07. The molecular formula is C17H25NOS. The molecule has 2 fully saturated rings. The average Bonchev–Trinajstić information content (AvgIpc) is 2.44. The zero-order chi connectivity index (χ0) is 14.0. The largest absolute Gasteiger partial charge is 0.382 e. The molecule has 0 radical (unpaired) electrons. The Kier molecular flexibility index (Phi) is 4.27. The first-order chi connectivity index (χ1) is 9.67. The maximum atomic E-state index is 6.17. The molecule has 1 aromatic carbocycles. The van der Waals surface area contributed by atoms with Crippen molar-refractivity contribution in [2.24, 2.45) is 0 Å². The van der Waals surface area contributed by atoms with E-state index in [0.717, 1.165) is 13.0 Å². The molecule has 0 aliphatic carbocycles. The highest BCUT2D eigenvalue weighted by atomic mass is 32.2. The summed E-state index contributed by atoms with van der Waals surface area (Å²) in [6, 6.07) is 7.23. The second-order valence-electron chi connectivity index (χ2n) is 6.30. The number of rotatable bonds is 2. The predicted octanol–water partition coefficient (Wildman–Crippen LogP) is 4.16. The van der Waals surface area contributed by atoms with Gasteiger partial charge in [-0.1, -0.05) is 12.1 Å². The third kappa shape index (κ3) is 3.15. The van der Waals surface area contributed by atoms with Crippen LogP contribution < -0.4 is 5.32 Å². The van der Waals surface area contributed by atoms with E-state index in [1.165, 1.54) is 47.6 Å². The summed E-state index contributed by atoms with van der Waals surface area (Å²) < 4.78 is 6.17. The molecule has 2 saturated heterocycles. The van der Waals surface area contributed by atoms with Gasteiger partial charge in [0.05, 0.1) is 5.60 Å². The zero-order valence-corrected chi connectivity index (χ0v) is 13.4. The van der Waals surface area contributed by atoms with Crippen LogP contribution in [-0.4, -0.2) is 29.8 Å². The fourth-order valence-electron chi connectivity index (χ4n) is 3.35. The van der Waals surface area contributed by atoms with Crippen LogP contribution in [0.5, 0.6) is 0 Å². The van der Waals surface area contributed by atoms with Crippen LogP contribution in [0.2, 0.25) is 0 Å². The molecule has 1 aromatic rings. The Balaban J connectivity index is 1.69. The Hall–Kier alpha value is -0.670. The molecule has 1 N–H and O–H groups in total. The summed E-state index contributed by atoms with van der Waals surface area (Å²) in [6.45, 7) is 5.26. The lowest BCUT2D eigenvalue weighted by Gasteiger charge is -2.43. The normalized spacial score (nSPS) is 25.6. The fourth-order valence-corrected chi connectivity index (χ4v) is 4.59. The minimum atomic E-state index is 0.166. The van der Waals surface area contributed by atoms with E-state index in [1.54, 1.807) is 0 Å². The van der Waals surface area contributed by atoms with Crippen LogP contribution in [0, 0.1) is 13.8 Å². The average molecular weight is 291 g/mol. The van der Waals surface area contributed by atoms with Gasteiger partial charge in [0.2, 0.25) is 0 Å². The Labute approximate surface area is 126 Å². The van der Waals surface area contributed by atoms with Gasteiger partial charge in [-0.15, -0.1) is 0 Å². The van der Waals surface area contributed by atoms with Gasteiger partial charge < -0.3 is 10.1 Å². The summed E-state index contributed by atoms with van der Waals surface area (Å²) in [7, 11) is 0. The molecule has 3 rings (SSSR count). The SMILES string of the molecule is Cc1ccc(C)c(NC2CCOC3(CCSCC3)C2)c1. The van der Waals surface area contributed by atoms with E-state index in [4.69, 9.17) is 4.74 Å². The zero-order valence-electron chi connectivity index (χ0n) is 12.6. The van der Waals surface area contributed by atoms with Crippen LogP contribution in [0.1, 0.15) is 36.8 Å². The van der Waals surface area contributed by atoms with E-state index in [0.29, 0.717) is 6.04 Å². The highest BCUT2D eigenvalue weighted by molar-refractivity contribution is 7.99. The molecular weight excluding hydrogens is 266 g/mol. The van der Waals surface area contributed by atoms with Crippen LogP contribution in [0.3, 0.4) is 0 Å². The molecule has 0 amide bonds. The molecule has 3 heteroatoms. The summed E-state index contributed by atoms with van der Waals surface area (Å²) in [4.78, 5) is 0. The maximum Gasteiger partial charge on any atom is 0.0717 e. The molecule has 0 aromatic heterocycles. The Morgan fingerprint density at radius 2 is 2.05 bits per heavy atom. The first kappa shape index (κ1) is 14.3. The summed E-state index contributed by atoms with van der Waals surface area (Å²) in [5.41, 5.74) is 4.14. The van der Waals surface area contributed by atoms with Gasteiger partial charge in [0.15, 0.2) is 0 Å². The summed E-state index contributed by atoms with van der Waals surface area (Å²) in [5, 5.41) is 3.77. The van der Waals surface area contributed by atoms with Crippen molar-refractivity contribution in [3.8, 4) is 0 Å². The molecule has 2 aliphatic heterocycles. The molecule has 20 heavy (non-hydrogen) atoms. The van der Waals surface area contributed by atoms with E-state index in [-0.39, 0.29) is 5.60 Å². The Morgan fingerprint density at radius 3 is 2.85 bits per heavy atom. The molecule has 1 atom stereocenters. The standard InChI is InChI=1S/C17H25NOS/c1-13-3-4-14(2)16(11-13)18-15-5-8-19-17(12-15)6-9-20-10-7-17/h3-4,11,15,18H,5-10,12H2,1-2H3. The molecule has 2 nitrogen and oxygen atoms in total. The van der Waals surface area contributed by atoms with Crippen molar-refractivity contribution < 1.29 is 4.74 Å². The van der Waals surface area contributed by atoms with Crippen molar-refractivity contribution in [1.82, 2.24) is 0 Å². The Morgan fingerprint density at radius 1 is 1.25 bits per heavy atom. The number of benzene rings is 1.